The van der Waals surface area contributed by atoms with Gasteiger partial charge in [0.1, 0.15) is 12.1 Å². The first kappa shape index (κ1) is 16.3. The number of nitrogens with zero attached hydrogens (tertiary/aromatic N) is 5. The minimum atomic E-state index is 0.957. The molecule has 0 aliphatic carbocycles. The van der Waals surface area contributed by atoms with Crippen LogP contribution in [0.2, 0.25) is 0 Å². The van der Waals surface area contributed by atoms with Gasteiger partial charge in [-0.25, -0.2) is 9.97 Å². The molecular weight excluding hydrogens is 356 g/mol. The molecule has 0 atom stereocenters. The molecule has 0 bridgehead atoms. The van der Waals surface area contributed by atoms with Crippen LogP contribution in [0.4, 0.5) is 11.5 Å². The fourth-order valence-corrected chi connectivity index (χ4v) is 4.81. The highest BCUT2D eigenvalue weighted by Gasteiger charge is 2.21. The van der Waals surface area contributed by atoms with Gasteiger partial charge in [0.2, 0.25) is 0 Å². The highest BCUT2D eigenvalue weighted by atomic mass is 32.1. The second-order valence-electron chi connectivity index (χ2n) is 6.74. The number of aryl methyl sites for hydroxylation is 1. The van der Waals surface area contributed by atoms with Crippen LogP contribution in [0.15, 0.2) is 48.9 Å². The van der Waals surface area contributed by atoms with Gasteiger partial charge in [0.05, 0.1) is 16.4 Å². The number of hydrogen-bond donors (Lipinski definition) is 1. The van der Waals surface area contributed by atoms with Crippen LogP contribution in [0.1, 0.15) is 5.69 Å². The Balaban J connectivity index is 1.42. The van der Waals surface area contributed by atoms with Crippen molar-refractivity contribution in [3.05, 3.63) is 54.6 Å². The molecule has 136 valence electrons. The largest absolute Gasteiger partial charge is 0.368 e. The summed E-state index contributed by atoms with van der Waals surface area (Å²) in [6.45, 7) is 5.95. The maximum absolute atomic E-state index is 4.63. The number of anilines is 2. The minimum Gasteiger partial charge on any atom is -0.368 e. The van der Waals surface area contributed by atoms with Gasteiger partial charge in [-0.15, -0.1) is 11.3 Å². The van der Waals surface area contributed by atoms with Gasteiger partial charge in [0.15, 0.2) is 0 Å². The molecule has 0 amide bonds. The van der Waals surface area contributed by atoms with Crippen LogP contribution in [-0.4, -0.2) is 46.3 Å². The van der Waals surface area contributed by atoms with E-state index in [-0.39, 0.29) is 0 Å². The molecule has 0 saturated carbocycles. The van der Waals surface area contributed by atoms with Crippen LogP contribution < -0.4 is 9.80 Å². The van der Waals surface area contributed by atoms with Gasteiger partial charge < -0.3 is 9.80 Å². The Hall–Kier alpha value is -2.93. The standard InChI is InChI=1S/C20H20N6S/c1-14-16(12-23-24-14)18-11-17-19(27-18)20(22-13-21-17)26-9-7-25(8-10-26)15-5-3-2-4-6-15/h2-6,11-13H,7-10H2,1H3,(H,23,24). The number of benzene rings is 1. The molecule has 0 unspecified atom stereocenters. The molecule has 1 aliphatic heterocycles. The number of nitrogens with one attached hydrogen (secondary N) is 1. The van der Waals surface area contributed by atoms with Gasteiger partial charge in [-0.2, -0.15) is 5.10 Å². The molecule has 4 heterocycles. The predicted molar refractivity (Wildman–Crippen MR) is 111 cm³/mol. The minimum absolute atomic E-state index is 0.957. The lowest BCUT2D eigenvalue weighted by atomic mass is 10.2. The van der Waals surface area contributed by atoms with Crippen LogP contribution in [0, 0.1) is 6.92 Å². The average molecular weight is 376 g/mol. The van der Waals surface area contributed by atoms with Crippen molar-refractivity contribution in [2.45, 2.75) is 6.92 Å². The van der Waals surface area contributed by atoms with Crippen molar-refractivity contribution in [1.82, 2.24) is 20.2 Å². The average Bonchev–Trinajstić information content (AvgIpc) is 3.34. The van der Waals surface area contributed by atoms with E-state index in [0.717, 1.165) is 53.5 Å². The van der Waals surface area contributed by atoms with Crippen LogP contribution in [0.25, 0.3) is 20.7 Å². The monoisotopic (exact) mass is 376 g/mol. The zero-order valence-electron chi connectivity index (χ0n) is 15.1. The highest BCUT2D eigenvalue weighted by Crippen LogP contribution is 2.37. The molecule has 1 N–H and O–H groups in total. The second kappa shape index (κ2) is 6.66. The lowest BCUT2D eigenvalue weighted by molar-refractivity contribution is 0.649. The van der Waals surface area contributed by atoms with E-state index in [1.54, 1.807) is 17.7 Å². The SMILES string of the molecule is Cc1[nH]ncc1-c1cc2ncnc(N3CCN(c4ccccc4)CC3)c2s1. The molecule has 3 aromatic heterocycles. The number of thiophene rings is 1. The second-order valence-corrected chi connectivity index (χ2v) is 7.79. The van der Waals surface area contributed by atoms with E-state index >= 15 is 0 Å². The lowest BCUT2D eigenvalue weighted by Crippen LogP contribution is -2.46. The Morgan fingerprint density at radius 3 is 2.52 bits per heavy atom. The Labute approximate surface area is 161 Å². The number of H-pyrrole nitrogens is 1. The summed E-state index contributed by atoms with van der Waals surface area (Å²) in [5.41, 5.74) is 4.51. The fraction of sp³-hybridized carbons (Fsp3) is 0.250. The number of aromatic nitrogens is 4. The number of rotatable bonds is 3. The number of aromatic amines is 1. The summed E-state index contributed by atoms with van der Waals surface area (Å²) in [5.74, 6) is 1.05. The number of para-hydroxylation sites is 1. The first-order chi connectivity index (χ1) is 13.3. The Bertz CT molecular complexity index is 1060. The third kappa shape index (κ3) is 2.94. The number of piperazine rings is 1. The normalized spacial score (nSPS) is 14.9. The van der Waals surface area contributed by atoms with Crippen molar-refractivity contribution in [3.8, 4) is 10.4 Å². The van der Waals surface area contributed by atoms with Crippen molar-refractivity contribution in [3.63, 3.8) is 0 Å². The van der Waals surface area contributed by atoms with Crippen LogP contribution in [0.5, 0.6) is 0 Å². The van der Waals surface area contributed by atoms with E-state index in [1.165, 1.54) is 10.6 Å². The molecule has 6 nitrogen and oxygen atoms in total. The maximum atomic E-state index is 4.63. The Kier molecular flexibility index (Phi) is 4.01. The van der Waals surface area contributed by atoms with Crippen molar-refractivity contribution in [2.24, 2.45) is 0 Å². The molecular formula is C20H20N6S. The van der Waals surface area contributed by atoms with Crippen LogP contribution in [0.3, 0.4) is 0 Å². The van der Waals surface area contributed by atoms with Gasteiger partial charge in [0, 0.05) is 48.0 Å². The molecule has 7 heteroatoms. The Morgan fingerprint density at radius 2 is 1.78 bits per heavy atom. The third-order valence-electron chi connectivity index (χ3n) is 5.09. The van der Waals surface area contributed by atoms with Gasteiger partial charge in [-0.05, 0) is 25.1 Å². The topological polar surface area (TPSA) is 60.9 Å². The molecule has 1 aliphatic rings. The molecule has 1 aromatic carbocycles. The zero-order chi connectivity index (χ0) is 18.2. The summed E-state index contributed by atoms with van der Waals surface area (Å²) in [6.07, 6.45) is 3.56. The molecule has 27 heavy (non-hydrogen) atoms. The van der Waals surface area contributed by atoms with E-state index < -0.39 is 0 Å². The quantitative estimate of drug-likeness (QED) is 0.590. The van der Waals surface area contributed by atoms with Crippen molar-refractivity contribution >= 4 is 33.1 Å². The smallest absolute Gasteiger partial charge is 0.150 e. The van der Waals surface area contributed by atoms with Crippen LogP contribution in [-0.2, 0) is 0 Å². The summed E-state index contributed by atoms with van der Waals surface area (Å²) in [5, 5.41) is 7.16. The molecule has 4 aromatic rings. The molecule has 0 spiro atoms. The van der Waals surface area contributed by atoms with Crippen molar-refractivity contribution in [2.75, 3.05) is 36.0 Å². The van der Waals surface area contributed by atoms with Gasteiger partial charge in [-0.1, -0.05) is 18.2 Å². The molecule has 0 radical (unpaired) electrons. The lowest BCUT2D eigenvalue weighted by Gasteiger charge is -2.36. The first-order valence-corrected chi connectivity index (χ1v) is 9.91. The number of hydrogen-bond acceptors (Lipinski definition) is 6. The van der Waals surface area contributed by atoms with E-state index in [9.17, 15) is 0 Å². The van der Waals surface area contributed by atoms with Crippen molar-refractivity contribution in [1.29, 1.82) is 0 Å². The van der Waals surface area contributed by atoms with Gasteiger partial charge in [-0.3, -0.25) is 5.10 Å². The predicted octanol–water partition coefficient (Wildman–Crippen LogP) is 3.72. The number of fused-ring (bicyclic) bond motifs is 1. The summed E-state index contributed by atoms with van der Waals surface area (Å²) >= 11 is 1.75. The van der Waals surface area contributed by atoms with E-state index in [2.05, 4.69) is 66.4 Å². The summed E-state index contributed by atoms with van der Waals surface area (Å²) in [4.78, 5) is 15.1. The van der Waals surface area contributed by atoms with E-state index in [4.69, 9.17) is 0 Å². The summed E-state index contributed by atoms with van der Waals surface area (Å²) in [7, 11) is 0. The Morgan fingerprint density at radius 1 is 1.00 bits per heavy atom. The van der Waals surface area contributed by atoms with E-state index in [0.29, 0.717) is 0 Å². The van der Waals surface area contributed by atoms with Crippen LogP contribution >= 0.6 is 11.3 Å². The third-order valence-corrected chi connectivity index (χ3v) is 6.24. The highest BCUT2D eigenvalue weighted by molar-refractivity contribution is 7.22. The summed E-state index contributed by atoms with van der Waals surface area (Å²) < 4.78 is 1.15. The zero-order valence-corrected chi connectivity index (χ0v) is 15.9. The summed E-state index contributed by atoms with van der Waals surface area (Å²) in [6, 6.07) is 12.8. The molecule has 5 rings (SSSR count). The van der Waals surface area contributed by atoms with Gasteiger partial charge >= 0.3 is 0 Å². The van der Waals surface area contributed by atoms with Crippen molar-refractivity contribution < 1.29 is 0 Å². The maximum Gasteiger partial charge on any atom is 0.150 e. The fourth-order valence-electron chi connectivity index (χ4n) is 3.61. The van der Waals surface area contributed by atoms with Gasteiger partial charge in [0.25, 0.3) is 0 Å². The molecule has 1 saturated heterocycles. The molecule has 1 fully saturated rings. The van der Waals surface area contributed by atoms with E-state index in [1.807, 2.05) is 13.1 Å². The first-order valence-electron chi connectivity index (χ1n) is 9.09.